The maximum Gasteiger partial charge on any atom is 0.295 e. The van der Waals surface area contributed by atoms with Crippen molar-refractivity contribution in [1.82, 2.24) is 9.88 Å². The van der Waals surface area contributed by atoms with E-state index in [1.807, 2.05) is 0 Å². The first-order valence-electron chi connectivity index (χ1n) is 10.2. The van der Waals surface area contributed by atoms with Gasteiger partial charge >= 0.3 is 0 Å². The van der Waals surface area contributed by atoms with Crippen molar-refractivity contribution in [2.45, 2.75) is 12.5 Å². The predicted molar refractivity (Wildman–Crippen MR) is 116 cm³/mol. The van der Waals surface area contributed by atoms with Gasteiger partial charge in [-0.3, -0.25) is 14.6 Å². The van der Waals surface area contributed by atoms with Crippen LogP contribution < -0.4 is 4.74 Å². The number of pyridine rings is 1. The number of aromatic nitrogens is 1. The number of halogens is 2. The Morgan fingerprint density at radius 3 is 2.45 bits per heavy atom. The number of rotatable bonds is 6. The molecule has 4 rings (SSSR count). The predicted octanol–water partition coefficient (Wildman–Crippen LogP) is 4.03. The van der Waals surface area contributed by atoms with Gasteiger partial charge in [0, 0.05) is 12.7 Å². The summed E-state index contributed by atoms with van der Waals surface area (Å²) in [6, 6.07) is 13.4. The minimum atomic E-state index is -0.986. The van der Waals surface area contributed by atoms with E-state index in [2.05, 4.69) is 4.98 Å². The Hall–Kier alpha value is -4.07. The highest BCUT2D eigenvalue weighted by molar-refractivity contribution is 6.46. The van der Waals surface area contributed by atoms with Gasteiger partial charge in [-0.05, 0) is 54.4 Å². The van der Waals surface area contributed by atoms with Gasteiger partial charge < -0.3 is 14.7 Å². The molecule has 1 saturated heterocycles. The van der Waals surface area contributed by atoms with Crippen molar-refractivity contribution < 1.29 is 28.2 Å². The standard InChI is InChI=1S/C25H20F2N2O4/c1-33-20-10-9-17(27)14-18(20)23(30)21-22(19-4-2-3-12-28-19)29(25(32)24(21)31)13-11-15-5-7-16(26)8-6-15/h2-10,12,14,22,30H,11,13H2,1H3/b23-21+. The number of ether oxygens (including phenoxy) is 1. The molecule has 3 aromatic rings. The van der Waals surface area contributed by atoms with Crippen molar-refractivity contribution in [3.05, 3.63) is 101 Å². The molecule has 6 nitrogen and oxygen atoms in total. The average Bonchev–Trinajstić information content (AvgIpc) is 3.08. The van der Waals surface area contributed by atoms with Gasteiger partial charge in [0.15, 0.2) is 0 Å². The number of likely N-dealkylation sites (tertiary alicyclic amines) is 1. The van der Waals surface area contributed by atoms with Gasteiger partial charge in [-0.15, -0.1) is 0 Å². The van der Waals surface area contributed by atoms with Gasteiger partial charge in [-0.25, -0.2) is 8.78 Å². The molecule has 0 aliphatic carbocycles. The second-order valence-corrected chi connectivity index (χ2v) is 7.47. The molecule has 1 aliphatic heterocycles. The maximum absolute atomic E-state index is 13.9. The van der Waals surface area contributed by atoms with Crippen molar-refractivity contribution in [2.24, 2.45) is 0 Å². The number of carbonyl (C=O) groups excluding carboxylic acids is 2. The van der Waals surface area contributed by atoms with Crippen LogP contribution in [0.25, 0.3) is 5.76 Å². The van der Waals surface area contributed by atoms with Crippen LogP contribution in [0.5, 0.6) is 5.75 Å². The smallest absolute Gasteiger partial charge is 0.295 e. The lowest BCUT2D eigenvalue weighted by Crippen LogP contribution is -2.32. The third-order valence-corrected chi connectivity index (χ3v) is 5.48. The zero-order valence-electron chi connectivity index (χ0n) is 17.7. The van der Waals surface area contributed by atoms with E-state index in [0.29, 0.717) is 12.1 Å². The molecule has 0 bridgehead atoms. The Kier molecular flexibility index (Phi) is 6.17. The Morgan fingerprint density at radius 2 is 1.79 bits per heavy atom. The van der Waals surface area contributed by atoms with Crippen LogP contribution in [0.2, 0.25) is 0 Å². The molecule has 0 radical (unpaired) electrons. The summed E-state index contributed by atoms with van der Waals surface area (Å²) in [7, 11) is 1.35. The second-order valence-electron chi connectivity index (χ2n) is 7.47. The molecule has 1 fully saturated rings. The van der Waals surface area contributed by atoms with E-state index in [4.69, 9.17) is 4.74 Å². The molecular formula is C25H20F2N2O4. The molecule has 1 aliphatic rings. The summed E-state index contributed by atoms with van der Waals surface area (Å²) in [6.45, 7) is 0.120. The number of benzene rings is 2. The van der Waals surface area contributed by atoms with Gasteiger partial charge in [0.05, 0.1) is 23.9 Å². The minimum Gasteiger partial charge on any atom is -0.507 e. The van der Waals surface area contributed by atoms with E-state index in [1.165, 1.54) is 36.4 Å². The number of carbonyl (C=O) groups is 2. The molecule has 0 saturated carbocycles. The number of aliphatic hydroxyl groups is 1. The number of Topliss-reactive ketones (excluding diaryl/α,β-unsaturated/α-hetero) is 1. The van der Waals surface area contributed by atoms with Crippen molar-refractivity contribution >= 4 is 17.4 Å². The summed E-state index contributed by atoms with van der Waals surface area (Å²) in [5.41, 5.74) is 0.884. The molecule has 33 heavy (non-hydrogen) atoms. The summed E-state index contributed by atoms with van der Waals surface area (Å²) >= 11 is 0. The van der Waals surface area contributed by atoms with E-state index in [1.54, 1.807) is 30.3 Å². The van der Waals surface area contributed by atoms with Crippen LogP contribution in [-0.2, 0) is 16.0 Å². The van der Waals surface area contributed by atoms with Gasteiger partial charge in [-0.1, -0.05) is 18.2 Å². The first-order valence-corrected chi connectivity index (χ1v) is 10.2. The number of hydrogen-bond acceptors (Lipinski definition) is 5. The first kappa shape index (κ1) is 22.1. The molecule has 1 atom stereocenters. The fourth-order valence-electron chi connectivity index (χ4n) is 3.87. The van der Waals surface area contributed by atoms with Gasteiger partial charge in [0.1, 0.15) is 29.2 Å². The molecule has 1 unspecified atom stereocenters. The lowest BCUT2D eigenvalue weighted by atomic mass is 9.97. The van der Waals surface area contributed by atoms with Crippen molar-refractivity contribution in [1.29, 1.82) is 0 Å². The van der Waals surface area contributed by atoms with E-state index in [0.717, 1.165) is 17.7 Å². The highest BCUT2D eigenvalue weighted by Gasteiger charge is 2.46. The Labute approximate surface area is 188 Å². The monoisotopic (exact) mass is 450 g/mol. The van der Waals surface area contributed by atoms with Crippen LogP contribution in [0.1, 0.15) is 22.9 Å². The van der Waals surface area contributed by atoms with Crippen molar-refractivity contribution in [3.63, 3.8) is 0 Å². The summed E-state index contributed by atoms with van der Waals surface area (Å²) in [5.74, 6) is -3.15. The van der Waals surface area contributed by atoms with Crippen LogP contribution in [0, 0.1) is 11.6 Å². The maximum atomic E-state index is 13.9. The highest BCUT2D eigenvalue weighted by atomic mass is 19.1. The molecule has 0 spiro atoms. The zero-order valence-corrected chi connectivity index (χ0v) is 17.7. The highest BCUT2D eigenvalue weighted by Crippen LogP contribution is 2.40. The van der Waals surface area contributed by atoms with Crippen LogP contribution in [0.15, 0.2) is 72.4 Å². The van der Waals surface area contributed by atoms with Gasteiger partial charge in [0.2, 0.25) is 0 Å². The van der Waals surface area contributed by atoms with Crippen LogP contribution in [-0.4, -0.2) is 40.3 Å². The lowest BCUT2D eigenvalue weighted by molar-refractivity contribution is -0.139. The van der Waals surface area contributed by atoms with Gasteiger partial charge in [0.25, 0.3) is 11.7 Å². The van der Waals surface area contributed by atoms with Crippen molar-refractivity contribution in [2.75, 3.05) is 13.7 Å². The number of hydrogen-bond donors (Lipinski definition) is 1. The van der Waals surface area contributed by atoms with Gasteiger partial charge in [-0.2, -0.15) is 0 Å². The molecule has 2 heterocycles. The summed E-state index contributed by atoms with van der Waals surface area (Å²) in [6.07, 6.45) is 1.86. The normalized spacial score (nSPS) is 17.4. The second kappa shape index (κ2) is 9.20. The molecule has 2 aromatic carbocycles. The molecule has 1 amide bonds. The average molecular weight is 450 g/mol. The van der Waals surface area contributed by atoms with Crippen LogP contribution >= 0.6 is 0 Å². The third-order valence-electron chi connectivity index (χ3n) is 5.48. The fourth-order valence-corrected chi connectivity index (χ4v) is 3.87. The lowest BCUT2D eigenvalue weighted by Gasteiger charge is -2.24. The number of methoxy groups -OCH3 is 1. The number of nitrogens with zero attached hydrogens (tertiary/aromatic N) is 2. The Balaban J connectivity index is 1.80. The summed E-state index contributed by atoms with van der Waals surface area (Å²) in [4.78, 5) is 31.6. The van der Waals surface area contributed by atoms with E-state index < -0.39 is 29.3 Å². The molecule has 1 N–H and O–H groups in total. The topological polar surface area (TPSA) is 79.7 Å². The molecular weight excluding hydrogens is 430 g/mol. The minimum absolute atomic E-state index is 0.0463. The Bertz CT molecular complexity index is 1230. The largest absolute Gasteiger partial charge is 0.507 e. The Morgan fingerprint density at radius 1 is 1.06 bits per heavy atom. The third kappa shape index (κ3) is 4.32. The SMILES string of the molecule is COc1ccc(F)cc1/C(O)=C1\C(=O)C(=O)N(CCc2ccc(F)cc2)C1c1ccccn1. The van der Waals surface area contributed by atoms with E-state index >= 15 is 0 Å². The number of amides is 1. The molecule has 1 aromatic heterocycles. The van der Waals surface area contributed by atoms with Crippen molar-refractivity contribution in [3.8, 4) is 5.75 Å². The fraction of sp³-hybridized carbons (Fsp3) is 0.160. The summed E-state index contributed by atoms with van der Waals surface area (Å²) < 4.78 is 32.4. The molecule has 8 heteroatoms. The van der Waals surface area contributed by atoms with Crippen LogP contribution in [0.4, 0.5) is 8.78 Å². The van der Waals surface area contributed by atoms with E-state index in [-0.39, 0.29) is 29.2 Å². The zero-order chi connectivity index (χ0) is 23.5. The van der Waals surface area contributed by atoms with E-state index in [9.17, 15) is 23.5 Å². The quantitative estimate of drug-likeness (QED) is 0.349. The van der Waals surface area contributed by atoms with Crippen LogP contribution in [0.3, 0.4) is 0 Å². The number of aliphatic hydroxyl groups excluding tert-OH is 1. The first-order chi connectivity index (χ1) is 15.9. The molecule has 168 valence electrons. The number of ketones is 1. The summed E-state index contributed by atoms with van der Waals surface area (Å²) in [5, 5.41) is 11.1.